The first-order chi connectivity index (χ1) is 8.59. The van der Waals surface area contributed by atoms with Crippen molar-refractivity contribution < 1.29 is 9.90 Å². The van der Waals surface area contributed by atoms with Crippen molar-refractivity contribution in [3.63, 3.8) is 0 Å². The van der Waals surface area contributed by atoms with Gasteiger partial charge < -0.3 is 14.9 Å². The predicted octanol–water partition coefficient (Wildman–Crippen LogP) is 1.31. The van der Waals surface area contributed by atoms with Crippen molar-refractivity contribution in [1.82, 2.24) is 9.88 Å². The molecule has 0 spiro atoms. The van der Waals surface area contributed by atoms with Crippen molar-refractivity contribution in [1.29, 1.82) is 0 Å². The quantitative estimate of drug-likeness (QED) is 0.856. The summed E-state index contributed by atoms with van der Waals surface area (Å²) in [5, 5.41) is 9.23. The Hall–Kier alpha value is -1.62. The highest BCUT2D eigenvalue weighted by molar-refractivity contribution is 5.94. The molecule has 1 aliphatic heterocycles. The fraction of sp³-hybridized carbons (Fsp3) is 0.538. The van der Waals surface area contributed by atoms with Crippen LogP contribution in [0.25, 0.3) is 0 Å². The van der Waals surface area contributed by atoms with Crippen molar-refractivity contribution in [3.8, 4) is 0 Å². The molecule has 0 aromatic carbocycles. The highest BCUT2D eigenvalue weighted by Crippen LogP contribution is 2.23. The van der Waals surface area contributed by atoms with Crippen molar-refractivity contribution in [2.75, 3.05) is 31.6 Å². The molecule has 2 rings (SSSR count). The van der Waals surface area contributed by atoms with Crippen molar-refractivity contribution in [3.05, 3.63) is 24.0 Å². The van der Waals surface area contributed by atoms with Crippen LogP contribution in [-0.4, -0.2) is 53.7 Å². The van der Waals surface area contributed by atoms with Gasteiger partial charge in [0.05, 0.1) is 5.69 Å². The zero-order valence-electron chi connectivity index (χ0n) is 10.8. The second kappa shape index (κ2) is 5.35. The number of carbonyl (C=O) groups is 1. The smallest absolute Gasteiger partial charge is 0.339 e. The molecule has 1 N–H and O–H groups in total. The minimum atomic E-state index is -0.914. The molecule has 0 saturated carbocycles. The van der Waals surface area contributed by atoms with E-state index in [1.165, 1.54) is 6.20 Å². The lowest BCUT2D eigenvalue weighted by Gasteiger charge is -2.30. The van der Waals surface area contributed by atoms with Gasteiger partial charge in [-0.15, -0.1) is 0 Å². The lowest BCUT2D eigenvalue weighted by molar-refractivity contribution is 0.0697. The van der Waals surface area contributed by atoms with Crippen molar-refractivity contribution >= 4 is 11.7 Å². The van der Waals surface area contributed by atoms with Crippen LogP contribution in [0, 0.1) is 0 Å². The summed E-state index contributed by atoms with van der Waals surface area (Å²) in [6.07, 6.45) is 4.13. The predicted molar refractivity (Wildman–Crippen MR) is 70.1 cm³/mol. The Kier molecular flexibility index (Phi) is 3.81. The average Bonchev–Trinajstić information content (AvgIpc) is 2.50. The zero-order valence-corrected chi connectivity index (χ0v) is 10.8. The summed E-state index contributed by atoms with van der Waals surface area (Å²) in [5.41, 5.74) is 1.06. The van der Waals surface area contributed by atoms with E-state index in [0.29, 0.717) is 6.04 Å². The van der Waals surface area contributed by atoms with E-state index in [1.54, 1.807) is 12.3 Å². The fourth-order valence-electron chi connectivity index (χ4n) is 2.53. The number of hydrogen-bond acceptors (Lipinski definition) is 4. The molecule has 1 aliphatic rings. The Morgan fingerprint density at radius 1 is 1.50 bits per heavy atom. The van der Waals surface area contributed by atoms with Gasteiger partial charge in [-0.3, -0.25) is 4.98 Å². The van der Waals surface area contributed by atoms with E-state index >= 15 is 0 Å². The lowest BCUT2D eigenvalue weighted by atomic mass is 10.1. The summed E-state index contributed by atoms with van der Waals surface area (Å²) >= 11 is 0. The monoisotopic (exact) mass is 249 g/mol. The van der Waals surface area contributed by atoms with Crippen LogP contribution in [0.4, 0.5) is 5.69 Å². The number of pyridine rings is 1. The SMILES string of the molecule is CC1CN(C)CCCN1c1ccncc1C(=O)O. The van der Waals surface area contributed by atoms with Crippen LogP contribution in [0.1, 0.15) is 23.7 Å². The number of hydrogen-bond donors (Lipinski definition) is 1. The Bertz CT molecular complexity index is 436. The zero-order chi connectivity index (χ0) is 13.1. The molecule has 98 valence electrons. The van der Waals surface area contributed by atoms with E-state index in [-0.39, 0.29) is 5.56 Å². The Balaban J connectivity index is 2.32. The number of aromatic nitrogens is 1. The van der Waals surface area contributed by atoms with E-state index in [4.69, 9.17) is 0 Å². The maximum absolute atomic E-state index is 11.2. The highest BCUT2D eigenvalue weighted by Gasteiger charge is 2.23. The molecular weight excluding hydrogens is 230 g/mol. The van der Waals surface area contributed by atoms with Crippen LogP contribution in [0.3, 0.4) is 0 Å². The third-order valence-corrected chi connectivity index (χ3v) is 3.38. The minimum Gasteiger partial charge on any atom is -0.478 e. The van der Waals surface area contributed by atoms with Crippen LogP contribution < -0.4 is 4.90 Å². The molecule has 1 aromatic rings. The van der Waals surface area contributed by atoms with Gasteiger partial charge in [-0.25, -0.2) is 4.79 Å². The van der Waals surface area contributed by atoms with Gasteiger partial charge in [-0.05, 0) is 33.0 Å². The van der Waals surface area contributed by atoms with Gasteiger partial charge in [0.2, 0.25) is 0 Å². The number of likely N-dealkylation sites (N-methyl/N-ethyl adjacent to an activating group) is 1. The van der Waals surface area contributed by atoms with E-state index in [1.807, 2.05) is 0 Å². The molecule has 5 nitrogen and oxygen atoms in total. The first-order valence-electron chi connectivity index (χ1n) is 6.22. The highest BCUT2D eigenvalue weighted by atomic mass is 16.4. The van der Waals surface area contributed by atoms with Gasteiger partial charge >= 0.3 is 5.97 Å². The molecule has 1 unspecified atom stereocenters. The summed E-state index contributed by atoms with van der Waals surface area (Å²) < 4.78 is 0. The van der Waals surface area contributed by atoms with E-state index in [9.17, 15) is 9.90 Å². The van der Waals surface area contributed by atoms with Crippen molar-refractivity contribution in [2.45, 2.75) is 19.4 Å². The third-order valence-electron chi connectivity index (χ3n) is 3.38. The van der Waals surface area contributed by atoms with Gasteiger partial charge in [0, 0.05) is 31.5 Å². The molecular formula is C13H19N3O2. The van der Waals surface area contributed by atoms with Gasteiger partial charge in [0.1, 0.15) is 5.56 Å². The number of carboxylic acids is 1. The summed E-state index contributed by atoms with van der Waals surface area (Å²) in [4.78, 5) is 19.6. The summed E-state index contributed by atoms with van der Waals surface area (Å²) in [6, 6.07) is 2.10. The van der Waals surface area contributed by atoms with E-state index in [0.717, 1.165) is 31.7 Å². The maximum atomic E-state index is 11.2. The second-order valence-electron chi connectivity index (χ2n) is 4.86. The summed E-state index contributed by atoms with van der Waals surface area (Å²) in [5.74, 6) is -0.914. The number of anilines is 1. The van der Waals surface area contributed by atoms with Crippen LogP contribution in [0.5, 0.6) is 0 Å². The molecule has 1 aromatic heterocycles. The van der Waals surface area contributed by atoms with Crippen LogP contribution in [0.15, 0.2) is 18.5 Å². The topological polar surface area (TPSA) is 56.7 Å². The second-order valence-corrected chi connectivity index (χ2v) is 4.86. The lowest BCUT2D eigenvalue weighted by Crippen LogP contribution is -2.38. The Labute approximate surface area is 107 Å². The maximum Gasteiger partial charge on any atom is 0.339 e. The van der Waals surface area contributed by atoms with Gasteiger partial charge in [-0.2, -0.15) is 0 Å². The molecule has 1 fully saturated rings. The van der Waals surface area contributed by atoms with Crippen LogP contribution in [-0.2, 0) is 0 Å². The minimum absolute atomic E-state index is 0.286. The largest absolute Gasteiger partial charge is 0.478 e. The van der Waals surface area contributed by atoms with Crippen LogP contribution >= 0.6 is 0 Å². The van der Waals surface area contributed by atoms with Crippen LogP contribution in [0.2, 0.25) is 0 Å². The number of nitrogens with zero attached hydrogens (tertiary/aromatic N) is 3. The summed E-state index contributed by atoms with van der Waals surface area (Å²) in [6.45, 7) is 5.01. The molecule has 18 heavy (non-hydrogen) atoms. The number of aromatic carboxylic acids is 1. The first-order valence-corrected chi connectivity index (χ1v) is 6.22. The Morgan fingerprint density at radius 2 is 2.28 bits per heavy atom. The molecule has 1 atom stereocenters. The standard InChI is InChI=1S/C13H19N3O2/c1-10-9-15(2)6-3-7-16(10)12-4-5-14-8-11(12)13(17)18/h4-5,8,10H,3,6-7,9H2,1-2H3,(H,17,18). The van der Waals surface area contributed by atoms with E-state index < -0.39 is 5.97 Å². The molecule has 0 bridgehead atoms. The van der Waals surface area contributed by atoms with Gasteiger partial charge in [-0.1, -0.05) is 0 Å². The normalized spacial score (nSPS) is 21.7. The number of carboxylic acid groups (broad SMARTS) is 1. The fourth-order valence-corrected chi connectivity index (χ4v) is 2.53. The first kappa shape index (κ1) is 12.8. The third kappa shape index (κ3) is 2.61. The molecule has 5 heteroatoms. The van der Waals surface area contributed by atoms with Gasteiger partial charge in [0.15, 0.2) is 0 Å². The average molecular weight is 249 g/mol. The van der Waals surface area contributed by atoms with Crippen molar-refractivity contribution in [2.24, 2.45) is 0 Å². The number of rotatable bonds is 2. The Morgan fingerprint density at radius 3 is 3.00 bits per heavy atom. The molecule has 0 radical (unpaired) electrons. The molecule has 0 aliphatic carbocycles. The molecule has 2 heterocycles. The molecule has 1 saturated heterocycles. The van der Waals surface area contributed by atoms with Gasteiger partial charge in [0.25, 0.3) is 0 Å². The van der Waals surface area contributed by atoms with E-state index in [2.05, 4.69) is 28.8 Å². The molecule has 0 amide bonds. The summed E-state index contributed by atoms with van der Waals surface area (Å²) in [7, 11) is 2.10.